The highest BCUT2D eigenvalue weighted by Gasteiger charge is 2.20. The molecule has 1 amide bonds. The van der Waals surface area contributed by atoms with Crippen LogP contribution in [0, 0.1) is 0 Å². The second-order valence-electron chi connectivity index (χ2n) is 3.65. The molecule has 1 atom stereocenters. The Hall–Kier alpha value is -2.04. The van der Waals surface area contributed by atoms with Crippen molar-refractivity contribution in [3.8, 4) is 5.75 Å². The van der Waals surface area contributed by atoms with Crippen molar-refractivity contribution in [1.82, 2.24) is 5.32 Å². The Bertz CT molecular complexity index is 417. The number of hydrogen-bond donors (Lipinski definition) is 2. The zero-order chi connectivity index (χ0) is 12.8. The van der Waals surface area contributed by atoms with Crippen LogP contribution in [0.25, 0.3) is 0 Å². The zero-order valence-electron chi connectivity index (χ0n) is 9.77. The lowest BCUT2D eigenvalue weighted by molar-refractivity contribution is -0.144. The third-order valence-corrected chi connectivity index (χ3v) is 2.21. The standard InChI is InChI=1S/C12H15NO4/c1-8(14)13-11(12(16)17-2)7-9-4-3-5-10(15)6-9/h3-6,11,15H,7H2,1-2H3,(H,13,14)/t11-/m0/s1. The average molecular weight is 237 g/mol. The lowest BCUT2D eigenvalue weighted by Gasteiger charge is -2.15. The summed E-state index contributed by atoms with van der Waals surface area (Å²) in [4.78, 5) is 22.4. The lowest BCUT2D eigenvalue weighted by atomic mass is 10.1. The van der Waals surface area contributed by atoms with Gasteiger partial charge in [-0.1, -0.05) is 12.1 Å². The van der Waals surface area contributed by atoms with Crippen LogP contribution in [-0.2, 0) is 20.7 Å². The summed E-state index contributed by atoms with van der Waals surface area (Å²) in [5.74, 6) is -0.696. The number of phenolic OH excluding ortho intramolecular Hbond substituents is 1. The maximum absolute atomic E-state index is 11.4. The quantitative estimate of drug-likeness (QED) is 0.752. The van der Waals surface area contributed by atoms with E-state index in [4.69, 9.17) is 0 Å². The Morgan fingerprint density at radius 1 is 1.47 bits per heavy atom. The second kappa shape index (κ2) is 5.89. The molecule has 0 spiro atoms. The van der Waals surface area contributed by atoms with E-state index in [2.05, 4.69) is 10.1 Å². The van der Waals surface area contributed by atoms with Gasteiger partial charge >= 0.3 is 5.97 Å². The van der Waals surface area contributed by atoms with Gasteiger partial charge < -0.3 is 15.2 Å². The van der Waals surface area contributed by atoms with E-state index in [1.165, 1.54) is 26.2 Å². The third-order valence-electron chi connectivity index (χ3n) is 2.21. The van der Waals surface area contributed by atoms with Gasteiger partial charge in [0.15, 0.2) is 0 Å². The molecule has 1 aromatic carbocycles. The molecule has 5 nitrogen and oxygen atoms in total. The van der Waals surface area contributed by atoms with Crippen molar-refractivity contribution in [2.24, 2.45) is 0 Å². The third kappa shape index (κ3) is 4.14. The monoisotopic (exact) mass is 237 g/mol. The minimum absolute atomic E-state index is 0.119. The van der Waals surface area contributed by atoms with Crippen molar-refractivity contribution in [3.63, 3.8) is 0 Å². The molecule has 0 aliphatic rings. The van der Waals surface area contributed by atoms with Crippen LogP contribution in [0.5, 0.6) is 5.75 Å². The summed E-state index contributed by atoms with van der Waals surface area (Å²) in [5, 5.41) is 11.8. The minimum Gasteiger partial charge on any atom is -0.508 e. The summed E-state index contributed by atoms with van der Waals surface area (Å²) in [7, 11) is 1.26. The van der Waals surface area contributed by atoms with Gasteiger partial charge in [0.05, 0.1) is 7.11 Å². The molecule has 0 heterocycles. The maximum Gasteiger partial charge on any atom is 0.328 e. The number of benzene rings is 1. The largest absolute Gasteiger partial charge is 0.508 e. The van der Waals surface area contributed by atoms with Gasteiger partial charge in [-0.3, -0.25) is 4.79 Å². The van der Waals surface area contributed by atoms with Gasteiger partial charge in [-0.2, -0.15) is 0 Å². The Morgan fingerprint density at radius 2 is 2.18 bits per heavy atom. The fourth-order valence-electron chi connectivity index (χ4n) is 1.50. The highest BCUT2D eigenvalue weighted by Crippen LogP contribution is 2.13. The van der Waals surface area contributed by atoms with Gasteiger partial charge in [0.1, 0.15) is 11.8 Å². The van der Waals surface area contributed by atoms with E-state index in [1.807, 2.05) is 0 Å². The van der Waals surface area contributed by atoms with E-state index in [0.29, 0.717) is 0 Å². The van der Waals surface area contributed by atoms with Crippen LogP contribution in [-0.4, -0.2) is 30.1 Å². The fraction of sp³-hybridized carbons (Fsp3) is 0.333. The average Bonchev–Trinajstić information content (AvgIpc) is 2.26. The highest BCUT2D eigenvalue weighted by molar-refractivity contribution is 5.83. The van der Waals surface area contributed by atoms with Gasteiger partial charge in [0.2, 0.25) is 5.91 Å². The first-order valence-electron chi connectivity index (χ1n) is 5.15. The summed E-state index contributed by atoms with van der Waals surface area (Å²) in [6, 6.07) is 5.77. The molecule has 0 saturated carbocycles. The molecular weight excluding hydrogens is 222 g/mol. The fourth-order valence-corrected chi connectivity index (χ4v) is 1.50. The molecule has 5 heteroatoms. The van der Waals surface area contributed by atoms with E-state index in [9.17, 15) is 14.7 Å². The Balaban J connectivity index is 2.78. The molecule has 0 bridgehead atoms. The molecule has 1 rings (SSSR count). The molecule has 2 N–H and O–H groups in total. The SMILES string of the molecule is COC(=O)[C@H](Cc1cccc(O)c1)NC(C)=O. The zero-order valence-corrected chi connectivity index (χ0v) is 9.77. The van der Waals surface area contributed by atoms with Crippen LogP contribution in [0.2, 0.25) is 0 Å². The number of carbonyl (C=O) groups is 2. The first kappa shape index (κ1) is 13.0. The normalized spacial score (nSPS) is 11.6. The predicted octanol–water partition coefficient (Wildman–Crippen LogP) is 0.612. The van der Waals surface area contributed by atoms with Gasteiger partial charge in [-0.15, -0.1) is 0 Å². The van der Waals surface area contributed by atoms with Crippen molar-refractivity contribution >= 4 is 11.9 Å². The number of amides is 1. The number of carbonyl (C=O) groups excluding carboxylic acids is 2. The minimum atomic E-state index is -0.737. The number of nitrogens with one attached hydrogen (secondary N) is 1. The summed E-state index contributed by atoms with van der Waals surface area (Å²) in [6.07, 6.45) is 0.278. The van der Waals surface area contributed by atoms with Gasteiger partial charge in [0.25, 0.3) is 0 Å². The summed E-state index contributed by atoms with van der Waals surface area (Å²) in [6.45, 7) is 1.33. The molecule has 0 fully saturated rings. The smallest absolute Gasteiger partial charge is 0.328 e. The van der Waals surface area contributed by atoms with Crippen molar-refractivity contribution < 1.29 is 19.4 Å². The van der Waals surface area contributed by atoms with E-state index in [1.54, 1.807) is 12.1 Å². The van der Waals surface area contributed by atoms with Gasteiger partial charge in [0, 0.05) is 13.3 Å². The molecule has 0 aliphatic heterocycles. The van der Waals surface area contributed by atoms with E-state index >= 15 is 0 Å². The summed E-state index contributed by atoms with van der Waals surface area (Å²) in [5.41, 5.74) is 0.745. The molecule has 1 aromatic rings. The van der Waals surface area contributed by atoms with Crippen molar-refractivity contribution in [2.75, 3.05) is 7.11 Å². The van der Waals surface area contributed by atoms with Crippen LogP contribution in [0.15, 0.2) is 24.3 Å². The van der Waals surface area contributed by atoms with E-state index < -0.39 is 12.0 Å². The van der Waals surface area contributed by atoms with Crippen molar-refractivity contribution in [2.45, 2.75) is 19.4 Å². The number of aromatic hydroxyl groups is 1. The number of esters is 1. The van der Waals surface area contributed by atoms with Crippen LogP contribution < -0.4 is 5.32 Å². The van der Waals surface area contributed by atoms with E-state index in [0.717, 1.165) is 5.56 Å². The Labute approximate surface area is 99.4 Å². The van der Waals surface area contributed by atoms with Gasteiger partial charge in [-0.25, -0.2) is 4.79 Å². The van der Waals surface area contributed by atoms with Crippen LogP contribution >= 0.6 is 0 Å². The predicted molar refractivity (Wildman–Crippen MR) is 61.4 cm³/mol. The highest BCUT2D eigenvalue weighted by atomic mass is 16.5. The number of hydrogen-bond acceptors (Lipinski definition) is 4. The molecule has 0 unspecified atom stereocenters. The maximum atomic E-state index is 11.4. The Kier molecular flexibility index (Phi) is 4.51. The molecule has 0 aliphatic carbocycles. The van der Waals surface area contributed by atoms with Crippen LogP contribution in [0.1, 0.15) is 12.5 Å². The first-order valence-corrected chi connectivity index (χ1v) is 5.15. The van der Waals surface area contributed by atoms with Crippen molar-refractivity contribution in [1.29, 1.82) is 0 Å². The first-order chi connectivity index (χ1) is 8.02. The number of methoxy groups -OCH3 is 1. The van der Waals surface area contributed by atoms with E-state index in [-0.39, 0.29) is 18.1 Å². The topological polar surface area (TPSA) is 75.6 Å². The van der Waals surface area contributed by atoms with Crippen molar-refractivity contribution in [3.05, 3.63) is 29.8 Å². The summed E-state index contributed by atoms with van der Waals surface area (Å²) >= 11 is 0. The summed E-state index contributed by atoms with van der Waals surface area (Å²) < 4.78 is 4.60. The number of rotatable bonds is 4. The number of ether oxygens (including phenoxy) is 1. The molecular formula is C12H15NO4. The molecule has 0 aromatic heterocycles. The van der Waals surface area contributed by atoms with Gasteiger partial charge in [-0.05, 0) is 17.7 Å². The lowest BCUT2D eigenvalue weighted by Crippen LogP contribution is -2.41. The molecule has 17 heavy (non-hydrogen) atoms. The Morgan fingerprint density at radius 3 is 2.71 bits per heavy atom. The molecule has 92 valence electrons. The molecule has 0 saturated heterocycles. The molecule has 0 radical (unpaired) electrons. The second-order valence-corrected chi connectivity index (χ2v) is 3.65. The number of phenols is 1. The van der Waals surface area contributed by atoms with Crippen LogP contribution in [0.4, 0.5) is 0 Å². The van der Waals surface area contributed by atoms with Crippen LogP contribution in [0.3, 0.4) is 0 Å².